The third-order valence-corrected chi connectivity index (χ3v) is 2.71. The molecule has 0 aromatic carbocycles. The average molecular weight is 268 g/mol. The van der Waals surface area contributed by atoms with Gasteiger partial charge in [-0.15, -0.1) is 0 Å². The standard InChI is InChI=1S/C12H20N4O3/c1-9-8-10(15-16(9)2)14-12(19)13-7-5-3-4-6-11(17)18/h8H,3-7H2,1-2H3,(H,17,18)(H2,13,14,15,19). The summed E-state index contributed by atoms with van der Waals surface area (Å²) >= 11 is 0. The number of unbranched alkanes of at least 4 members (excludes halogenated alkanes) is 2. The zero-order valence-electron chi connectivity index (χ0n) is 11.3. The summed E-state index contributed by atoms with van der Waals surface area (Å²) in [7, 11) is 1.81. The van der Waals surface area contributed by atoms with E-state index in [2.05, 4.69) is 15.7 Å². The van der Waals surface area contributed by atoms with Crippen LogP contribution in [-0.2, 0) is 11.8 Å². The molecule has 1 heterocycles. The molecule has 1 aromatic rings. The van der Waals surface area contributed by atoms with Crippen molar-refractivity contribution in [2.45, 2.75) is 32.6 Å². The Labute approximate surface area is 112 Å². The van der Waals surface area contributed by atoms with Gasteiger partial charge in [-0.1, -0.05) is 6.42 Å². The number of urea groups is 1. The van der Waals surface area contributed by atoms with Gasteiger partial charge in [0.15, 0.2) is 5.82 Å². The molecular formula is C12H20N4O3. The maximum Gasteiger partial charge on any atom is 0.320 e. The summed E-state index contributed by atoms with van der Waals surface area (Å²) in [6.07, 6.45) is 2.37. The highest BCUT2D eigenvalue weighted by Crippen LogP contribution is 2.06. The molecule has 1 aromatic heterocycles. The van der Waals surface area contributed by atoms with Gasteiger partial charge in [-0.05, 0) is 19.8 Å². The Bertz CT molecular complexity index is 423. The molecule has 0 bridgehead atoms. The number of aromatic nitrogens is 2. The SMILES string of the molecule is Cc1cc(NC(=O)NCCCCCC(=O)O)nn1C. The fraction of sp³-hybridized carbons (Fsp3) is 0.583. The molecule has 106 valence electrons. The third kappa shape index (κ3) is 5.89. The van der Waals surface area contributed by atoms with E-state index in [4.69, 9.17) is 5.11 Å². The number of aryl methyl sites for hydroxylation is 2. The summed E-state index contributed by atoms with van der Waals surface area (Å²) in [5.74, 6) is -0.264. The van der Waals surface area contributed by atoms with Gasteiger partial charge < -0.3 is 10.4 Å². The second-order valence-electron chi connectivity index (χ2n) is 4.38. The number of carboxylic acid groups (broad SMARTS) is 1. The van der Waals surface area contributed by atoms with E-state index in [0.717, 1.165) is 18.5 Å². The van der Waals surface area contributed by atoms with Crippen LogP contribution in [0.3, 0.4) is 0 Å². The number of rotatable bonds is 7. The smallest absolute Gasteiger partial charge is 0.320 e. The second-order valence-corrected chi connectivity index (χ2v) is 4.38. The van der Waals surface area contributed by atoms with Crippen LogP contribution in [0.25, 0.3) is 0 Å². The zero-order valence-corrected chi connectivity index (χ0v) is 11.3. The lowest BCUT2D eigenvalue weighted by molar-refractivity contribution is -0.137. The average Bonchev–Trinajstić information content (AvgIpc) is 2.62. The molecule has 0 saturated heterocycles. The molecule has 0 atom stereocenters. The summed E-state index contributed by atoms with van der Waals surface area (Å²) < 4.78 is 1.68. The number of amides is 2. The van der Waals surface area contributed by atoms with Gasteiger partial charge in [-0.2, -0.15) is 5.10 Å². The van der Waals surface area contributed by atoms with Crippen LogP contribution in [0.15, 0.2) is 6.07 Å². The normalized spacial score (nSPS) is 10.2. The summed E-state index contributed by atoms with van der Waals surface area (Å²) in [6, 6.07) is 1.49. The first-order valence-electron chi connectivity index (χ1n) is 6.26. The molecule has 0 fully saturated rings. The first kappa shape index (κ1) is 15.0. The first-order chi connectivity index (χ1) is 8.99. The monoisotopic (exact) mass is 268 g/mol. The van der Waals surface area contributed by atoms with Crippen LogP contribution < -0.4 is 10.6 Å². The molecule has 0 unspecified atom stereocenters. The van der Waals surface area contributed by atoms with E-state index >= 15 is 0 Å². The molecule has 0 aliphatic carbocycles. The van der Waals surface area contributed by atoms with Crippen molar-refractivity contribution >= 4 is 17.8 Å². The Hall–Kier alpha value is -2.05. The molecule has 2 amide bonds. The number of carbonyl (C=O) groups excluding carboxylic acids is 1. The van der Waals surface area contributed by atoms with Gasteiger partial charge >= 0.3 is 12.0 Å². The molecule has 19 heavy (non-hydrogen) atoms. The minimum Gasteiger partial charge on any atom is -0.481 e. The van der Waals surface area contributed by atoms with Gasteiger partial charge in [0.25, 0.3) is 0 Å². The van der Waals surface area contributed by atoms with Crippen LogP contribution >= 0.6 is 0 Å². The van der Waals surface area contributed by atoms with E-state index in [1.807, 2.05) is 6.92 Å². The van der Waals surface area contributed by atoms with Crippen molar-refractivity contribution in [2.24, 2.45) is 7.05 Å². The molecule has 1 rings (SSSR count). The summed E-state index contributed by atoms with van der Waals surface area (Å²) in [4.78, 5) is 21.8. The number of aliphatic carboxylic acids is 1. The van der Waals surface area contributed by atoms with Crippen molar-refractivity contribution in [2.75, 3.05) is 11.9 Å². The van der Waals surface area contributed by atoms with Crippen LogP contribution in [0.5, 0.6) is 0 Å². The molecule has 0 aliphatic rings. The van der Waals surface area contributed by atoms with Crippen molar-refractivity contribution in [1.82, 2.24) is 15.1 Å². The van der Waals surface area contributed by atoms with Crippen LogP contribution in [0, 0.1) is 6.92 Å². The van der Waals surface area contributed by atoms with E-state index in [0.29, 0.717) is 18.8 Å². The number of nitrogens with zero attached hydrogens (tertiary/aromatic N) is 2. The molecule has 0 saturated carbocycles. The summed E-state index contributed by atoms with van der Waals surface area (Å²) in [5.41, 5.74) is 0.962. The largest absolute Gasteiger partial charge is 0.481 e. The van der Waals surface area contributed by atoms with Crippen LogP contribution in [-0.4, -0.2) is 33.4 Å². The third-order valence-electron chi connectivity index (χ3n) is 2.71. The van der Waals surface area contributed by atoms with Crippen LogP contribution in [0.2, 0.25) is 0 Å². The van der Waals surface area contributed by atoms with Gasteiger partial charge in [0, 0.05) is 31.8 Å². The minimum atomic E-state index is -0.781. The highest BCUT2D eigenvalue weighted by molar-refractivity contribution is 5.88. The quantitative estimate of drug-likeness (QED) is 0.653. The van der Waals surface area contributed by atoms with E-state index in [-0.39, 0.29) is 12.5 Å². The Morgan fingerprint density at radius 3 is 2.68 bits per heavy atom. The van der Waals surface area contributed by atoms with Crippen LogP contribution in [0.4, 0.5) is 10.6 Å². The predicted octanol–water partition coefficient (Wildman–Crippen LogP) is 1.50. The van der Waals surface area contributed by atoms with Gasteiger partial charge in [-0.3, -0.25) is 14.8 Å². The van der Waals surface area contributed by atoms with Crippen molar-refractivity contribution in [3.63, 3.8) is 0 Å². The lowest BCUT2D eigenvalue weighted by Crippen LogP contribution is -2.29. The zero-order chi connectivity index (χ0) is 14.3. The van der Waals surface area contributed by atoms with Gasteiger partial charge in [0.05, 0.1) is 0 Å². The highest BCUT2D eigenvalue weighted by atomic mass is 16.4. The molecule has 0 spiro atoms. The second kappa shape index (κ2) is 7.40. The number of carboxylic acids is 1. The highest BCUT2D eigenvalue weighted by Gasteiger charge is 2.05. The van der Waals surface area contributed by atoms with E-state index in [1.165, 1.54) is 0 Å². The van der Waals surface area contributed by atoms with Gasteiger partial charge in [-0.25, -0.2) is 4.79 Å². The summed E-state index contributed by atoms with van der Waals surface area (Å²) in [5, 5.41) is 17.9. The van der Waals surface area contributed by atoms with Crippen molar-refractivity contribution in [3.8, 4) is 0 Å². The predicted molar refractivity (Wildman–Crippen MR) is 71.1 cm³/mol. The maximum atomic E-state index is 11.5. The molecule has 3 N–H and O–H groups in total. The number of carbonyl (C=O) groups is 2. The lowest BCUT2D eigenvalue weighted by Gasteiger charge is -2.04. The van der Waals surface area contributed by atoms with E-state index in [1.54, 1.807) is 17.8 Å². The maximum absolute atomic E-state index is 11.5. The van der Waals surface area contributed by atoms with Gasteiger partial charge in [0.1, 0.15) is 0 Å². The number of hydrogen-bond donors (Lipinski definition) is 3. The van der Waals surface area contributed by atoms with Crippen molar-refractivity contribution in [3.05, 3.63) is 11.8 Å². The van der Waals surface area contributed by atoms with Crippen LogP contribution in [0.1, 0.15) is 31.4 Å². The van der Waals surface area contributed by atoms with Crippen molar-refractivity contribution in [1.29, 1.82) is 0 Å². The molecule has 0 radical (unpaired) electrons. The molecule has 7 heteroatoms. The number of anilines is 1. The fourth-order valence-electron chi connectivity index (χ4n) is 1.56. The first-order valence-corrected chi connectivity index (χ1v) is 6.26. The molecular weight excluding hydrogens is 248 g/mol. The van der Waals surface area contributed by atoms with Crippen molar-refractivity contribution < 1.29 is 14.7 Å². The Morgan fingerprint density at radius 1 is 1.37 bits per heavy atom. The molecule has 7 nitrogen and oxygen atoms in total. The Kier molecular flexibility index (Phi) is 5.84. The summed E-state index contributed by atoms with van der Waals surface area (Å²) in [6.45, 7) is 2.43. The lowest BCUT2D eigenvalue weighted by atomic mass is 10.2. The van der Waals surface area contributed by atoms with E-state index < -0.39 is 5.97 Å². The number of hydrogen-bond acceptors (Lipinski definition) is 3. The minimum absolute atomic E-state index is 0.180. The fourth-order valence-corrected chi connectivity index (χ4v) is 1.56. The van der Waals surface area contributed by atoms with E-state index in [9.17, 15) is 9.59 Å². The number of nitrogens with one attached hydrogen (secondary N) is 2. The van der Waals surface area contributed by atoms with Gasteiger partial charge in [0.2, 0.25) is 0 Å². The Morgan fingerprint density at radius 2 is 2.11 bits per heavy atom. The topological polar surface area (TPSA) is 96.2 Å². The molecule has 0 aliphatic heterocycles. The Balaban J connectivity index is 2.13.